The first-order valence-electron chi connectivity index (χ1n) is 15.7. The van der Waals surface area contributed by atoms with Gasteiger partial charge in [-0.2, -0.15) is 0 Å². The summed E-state index contributed by atoms with van der Waals surface area (Å²) in [6, 6.07) is 0. The third kappa shape index (κ3) is 15.9. The third-order valence-electron chi connectivity index (χ3n) is 7.94. The van der Waals surface area contributed by atoms with Crippen LogP contribution in [-0.4, -0.2) is 39.0 Å². The Morgan fingerprint density at radius 2 is 0.806 bits per heavy atom. The average Bonchev–Trinajstić information content (AvgIpc) is 2.89. The minimum absolute atomic E-state index is 0.354. The lowest BCUT2D eigenvalue weighted by atomic mass is 9.91. The lowest BCUT2D eigenvalue weighted by Crippen LogP contribution is -2.42. The predicted octanol–water partition coefficient (Wildman–Crippen LogP) is 10.3. The second kappa shape index (κ2) is 25.1. The summed E-state index contributed by atoms with van der Waals surface area (Å²) in [5.41, 5.74) is 0. The molecule has 0 amide bonds. The number of ether oxygens (including phenoxy) is 4. The van der Waals surface area contributed by atoms with Gasteiger partial charge in [-0.15, -0.1) is 0 Å². The maximum Gasteiger partial charge on any atom is 0.170 e. The van der Waals surface area contributed by atoms with Crippen LogP contribution >= 0.6 is 0 Å². The van der Waals surface area contributed by atoms with Gasteiger partial charge in [0.2, 0.25) is 0 Å². The van der Waals surface area contributed by atoms with Gasteiger partial charge in [-0.1, -0.05) is 119 Å². The van der Waals surface area contributed by atoms with Gasteiger partial charge in [0.05, 0.1) is 0 Å². The molecule has 0 heterocycles. The molecule has 4 nitrogen and oxygen atoms in total. The normalized spacial score (nSPS) is 13.8. The Labute approximate surface area is 228 Å². The van der Waals surface area contributed by atoms with E-state index in [4.69, 9.17) is 18.9 Å². The molecule has 0 radical (unpaired) electrons. The van der Waals surface area contributed by atoms with Crippen LogP contribution in [0.25, 0.3) is 0 Å². The van der Waals surface area contributed by atoms with E-state index >= 15 is 0 Å². The Hall–Kier alpha value is -0.160. The standard InChI is InChI=1S/C17H36O2.C15H32O2/c1-6-10-11-12-13-14-15-16(5)17(7-2,18-8-3)19-9-4;1-6-8-9-10-11-12-13-14(3)15(7-2,16-4)17-5/h16H,6-15H2,1-5H3;14H,6-13H2,1-5H3. The quantitative estimate of drug-likeness (QED) is 0.0944. The average molecular weight is 517 g/mol. The zero-order chi connectivity index (χ0) is 27.7. The van der Waals surface area contributed by atoms with Crippen molar-refractivity contribution in [1.82, 2.24) is 0 Å². The first-order valence-corrected chi connectivity index (χ1v) is 15.7. The number of methoxy groups -OCH3 is 2. The van der Waals surface area contributed by atoms with Crippen molar-refractivity contribution in [2.75, 3.05) is 27.4 Å². The third-order valence-corrected chi connectivity index (χ3v) is 7.94. The maximum absolute atomic E-state index is 5.95. The summed E-state index contributed by atoms with van der Waals surface area (Å²) in [5, 5.41) is 0. The molecule has 0 aliphatic heterocycles. The molecule has 36 heavy (non-hydrogen) atoms. The Morgan fingerprint density at radius 3 is 1.11 bits per heavy atom. The maximum atomic E-state index is 5.95. The lowest BCUT2D eigenvalue weighted by molar-refractivity contribution is -0.263. The van der Waals surface area contributed by atoms with E-state index in [9.17, 15) is 0 Å². The fraction of sp³-hybridized carbons (Fsp3) is 1.00. The van der Waals surface area contributed by atoms with E-state index in [0.717, 1.165) is 26.1 Å². The summed E-state index contributed by atoms with van der Waals surface area (Å²) in [7, 11) is 3.51. The molecule has 0 aromatic carbocycles. The highest BCUT2D eigenvalue weighted by Gasteiger charge is 2.35. The molecule has 0 aliphatic rings. The smallest absolute Gasteiger partial charge is 0.170 e. The molecular formula is C32H68O4. The van der Waals surface area contributed by atoms with Gasteiger partial charge in [0.25, 0.3) is 0 Å². The van der Waals surface area contributed by atoms with E-state index in [2.05, 4.69) is 55.4 Å². The van der Waals surface area contributed by atoms with E-state index < -0.39 is 0 Å². The second-order valence-corrected chi connectivity index (χ2v) is 10.5. The number of hydrogen-bond donors (Lipinski definition) is 0. The zero-order valence-electron chi connectivity index (χ0n) is 26.5. The number of rotatable bonds is 24. The highest BCUT2D eigenvalue weighted by Crippen LogP contribution is 2.32. The molecule has 0 aliphatic carbocycles. The van der Waals surface area contributed by atoms with Crippen molar-refractivity contribution in [2.45, 2.75) is 170 Å². The molecule has 0 aromatic rings. The molecule has 0 saturated carbocycles. The van der Waals surface area contributed by atoms with Crippen LogP contribution in [0, 0.1) is 11.8 Å². The van der Waals surface area contributed by atoms with E-state index in [0.29, 0.717) is 11.8 Å². The monoisotopic (exact) mass is 517 g/mol. The largest absolute Gasteiger partial charge is 0.353 e. The van der Waals surface area contributed by atoms with Gasteiger partial charge >= 0.3 is 0 Å². The molecule has 0 spiro atoms. The van der Waals surface area contributed by atoms with Crippen molar-refractivity contribution in [3.05, 3.63) is 0 Å². The Bertz CT molecular complexity index is 422. The summed E-state index contributed by atoms with van der Waals surface area (Å²) in [6.07, 6.45) is 20.5. The SMILES string of the molecule is CCCCCCCCC(C)C(CC)(OC)OC.CCCCCCCCC(C)C(CC)(OCC)OCC. The molecular weight excluding hydrogens is 448 g/mol. The zero-order valence-corrected chi connectivity index (χ0v) is 26.5. The van der Waals surface area contributed by atoms with Gasteiger partial charge in [0, 0.05) is 39.3 Å². The minimum Gasteiger partial charge on any atom is -0.353 e. The van der Waals surface area contributed by atoms with Crippen LogP contribution < -0.4 is 0 Å². The number of unbranched alkanes of at least 4 members (excludes halogenated alkanes) is 10. The van der Waals surface area contributed by atoms with Gasteiger partial charge in [-0.3, -0.25) is 0 Å². The summed E-state index contributed by atoms with van der Waals surface area (Å²) in [5.74, 6) is 0.216. The van der Waals surface area contributed by atoms with Crippen LogP contribution in [0.1, 0.15) is 158 Å². The van der Waals surface area contributed by atoms with Gasteiger partial charge in [-0.05, 0) is 39.5 Å². The topological polar surface area (TPSA) is 36.9 Å². The van der Waals surface area contributed by atoms with Crippen LogP contribution in [-0.2, 0) is 18.9 Å². The highest BCUT2D eigenvalue weighted by atomic mass is 16.7. The molecule has 0 bridgehead atoms. The summed E-state index contributed by atoms with van der Waals surface area (Å²) >= 11 is 0. The van der Waals surface area contributed by atoms with E-state index in [-0.39, 0.29) is 11.6 Å². The molecule has 2 unspecified atom stereocenters. The van der Waals surface area contributed by atoms with Crippen LogP contribution in [0.5, 0.6) is 0 Å². The molecule has 0 fully saturated rings. The Kier molecular flexibility index (Phi) is 26.5. The predicted molar refractivity (Wildman–Crippen MR) is 158 cm³/mol. The molecule has 2 atom stereocenters. The summed E-state index contributed by atoms with van der Waals surface area (Å²) in [4.78, 5) is 0. The van der Waals surface area contributed by atoms with Crippen molar-refractivity contribution in [3.8, 4) is 0 Å². The van der Waals surface area contributed by atoms with Crippen molar-refractivity contribution < 1.29 is 18.9 Å². The summed E-state index contributed by atoms with van der Waals surface area (Å²) in [6.45, 7) is 18.9. The summed E-state index contributed by atoms with van der Waals surface area (Å²) < 4.78 is 23.1. The van der Waals surface area contributed by atoms with Gasteiger partial charge in [-0.25, -0.2) is 0 Å². The second-order valence-electron chi connectivity index (χ2n) is 10.5. The van der Waals surface area contributed by atoms with Crippen LogP contribution in [0.3, 0.4) is 0 Å². The molecule has 0 rings (SSSR count). The van der Waals surface area contributed by atoms with E-state index in [1.807, 2.05) is 0 Å². The molecule has 0 aromatic heterocycles. The fourth-order valence-electron chi connectivity index (χ4n) is 5.39. The van der Waals surface area contributed by atoms with Crippen LogP contribution in [0.4, 0.5) is 0 Å². The fourth-order valence-corrected chi connectivity index (χ4v) is 5.39. The van der Waals surface area contributed by atoms with Crippen LogP contribution in [0.15, 0.2) is 0 Å². The molecule has 220 valence electrons. The molecule has 0 saturated heterocycles. The minimum atomic E-state index is -0.372. The Balaban J connectivity index is 0. The van der Waals surface area contributed by atoms with Crippen molar-refractivity contribution in [3.63, 3.8) is 0 Å². The first-order chi connectivity index (χ1) is 17.3. The van der Waals surface area contributed by atoms with Crippen molar-refractivity contribution in [2.24, 2.45) is 11.8 Å². The molecule has 0 N–H and O–H groups in total. The van der Waals surface area contributed by atoms with Gasteiger partial charge < -0.3 is 18.9 Å². The van der Waals surface area contributed by atoms with E-state index in [1.54, 1.807) is 14.2 Å². The van der Waals surface area contributed by atoms with Gasteiger partial charge in [0.15, 0.2) is 11.6 Å². The van der Waals surface area contributed by atoms with Crippen LogP contribution in [0.2, 0.25) is 0 Å². The molecule has 4 heteroatoms. The van der Waals surface area contributed by atoms with Crippen molar-refractivity contribution >= 4 is 0 Å². The van der Waals surface area contributed by atoms with Gasteiger partial charge in [0.1, 0.15) is 0 Å². The lowest BCUT2D eigenvalue weighted by Gasteiger charge is -2.38. The highest BCUT2D eigenvalue weighted by molar-refractivity contribution is 4.76. The first kappa shape index (κ1) is 38.0. The Morgan fingerprint density at radius 1 is 0.472 bits per heavy atom. The number of hydrogen-bond acceptors (Lipinski definition) is 4. The van der Waals surface area contributed by atoms with E-state index in [1.165, 1.54) is 89.9 Å². The van der Waals surface area contributed by atoms with Crippen molar-refractivity contribution in [1.29, 1.82) is 0 Å².